The van der Waals surface area contributed by atoms with E-state index in [9.17, 15) is 9.59 Å². The van der Waals surface area contributed by atoms with Gasteiger partial charge in [-0.15, -0.1) is 0 Å². The van der Waals surface area contributed by atoms with E-state index in [0.717, 1.165) is 25.7 Å². The zero-order valence-electron chi connectivity index (χ0n) is 13.8. The van der Waals surface area contributed by atoms with Crippen LogP contribution in [0.25, 0.3) is 0 Å². The second-order valence-corrected chi connectivity index (χ2v) is 7.66. The number of amides is 2. The third-order valence-corrected chi connectivity index (χ3v) is 5.57. The van der Waals surface area contributed by atoms with Crippen LogP contribution in [0.15, 0.2) is 24.3 Å². The minimum Gasteiger partial charge on any atom is -0.484 e. The molecule has 0 bridgehead atoms. The van der Waals surface area contributed by atoms with Crippen LogP contribution in [0.4, 0.5) is 0 Å². The van der Waals surface area contributed by atoms with E-state index in [0.29, 0.717) is 10.8 Å². The molecule has 25 heavy (non-hydrogen) atoms. The molecule has 1 aromatic carbocycles. The minimum absolute atomic E-state index is 0.0573. The topological polar surface area (TPSA) is 76.7 Å². The highest BCUT2D eigenvalue weighted by molar-refractivity contribution is 6.30. The van der Waals surface area contributed by atoms with Crippen LogP contribution in [0.5, 0.6) is 5.75 Å². The molecule has 0 atom stereocenters. The van der Waals surface area contributed by atoms with Crippen LogP contribution >= 0.6 is 11.6 Å². The summed E-state index contributed by atoms with van der Waals surface area (Å²) < 4.78 is 10.9. The SMILES string of the molecule is O=C(COc1ccc(Cl)cc1)NC12CC1(NC(=O)COC1CCC1)C2. The summed E-state index contributed by atoms with van der Waals surface area (Å²) in [6.45, 7) is 0.0499. The van der Waals surface area contributed by atoms with Crippen molar-refractivity contribution >= 4 is 23.4 Å². The van der Waals surface area contributed by atoms with Crippen molar-refractivity contribution in [1.29, 1.82) is 0 Å². The second kappa shape index (κ2) is 6.18. The van der Waals surface area contributed by atoms with Crippen molar-refractivity contribution in [3.05, 3.63) is 29.3 Å². The molecule has 3 fully saturated rings. The molecular formula is C18H21ClN2O4. The van der Waals surface area contributed by atoms with Gasteiger partial charge in [0.2, 0.25) is 5.91 Å². The van der Waals surface area contributed by atoms with E-state index in [-0.39, 0.29) is 42.2 Å². The van der Waals surface area contributed by atoms with Gasteiger partial charge in [0.05, 0.1) is 17.2 Å². The normalized spacial score (nSPS) is 29.2. The number of hydrogen-bond acceptors (Lipinski definition) is 4. The number of fused-ring (bicyclic) bond motifs is 1. The number of benzene rings is 1. The number of nitrogens with one attached hydrogen (secondary N) is 2. The first-order valence-electron chi connectivity index (χ1n) is 8.62. The molecule has 7 heteroatoms. The summed E-state index contributed by atoms with van der Waals surface area (Å²) in [6.07, 6.45) is 5.08. The van der Waals surface area contributed by atoms with Gasteiger partial charge >= 0.3 is 0 Å². The van der Waals surface area contributed by atoms with Crippen molar-refractivity contribution < 1.29 is 19.1 Å². The Bertz CT molecular complexity index is 681. The number of carbonyl (C=O) groups is 2. The summed E-state index contributed by atoms with van der Waals surface area (Å²) in [5.74, 6) is 0.309. The number of ether oxygens (including phenoxy) is 2. The van der Waals surface area contributed by atoms with Crippen LogP contribution < -0.4 is 15.4 Å². The quantitative estimate of drug-likeness (QED) is 0.737. The highest BCUT2D eigenvalue weighted by Crippen LogP contribution is 2.70. The first-order valence-corrected chi connectivity index (χ1v) is 9.00. The molecule has 3 saturated carbocycles. The number of halogens is 1. The van der Waals surface area contributed by atoms with Crippen LogP contribution in [-0.4, -0.2) is 42.2 Å². The summed E-state index contributed by atoms with van der Waals surface area (Å²) in [7, 11) is 0. The molecule has 0 radical (unpaired) electrons. The standard InChI is InChI=1S/C18H21ClN2O4/c19-12-4-6-14(7-5-12)25-9-16(23)21-18-10-17(18,11-18)20-15(22)8-24-13-2-1-3-13/h4-7,13H,1-3,8-11H2,(H,20,22)(H,21,23). The van der Waals surface area contributed by atoms with E-state index < -0.39 is 0 Å². The highest BCUT2D eigenvalue weighted by Gasteiger charge is 2.85. The van der Waals surface area contributed by atoms with Crippen molar-refractivity contribution in [1.82, 2.24) is 10.6 Å². The Hall–Kier alpha value is -1.79. The largest absolute Gasteiger partial charge is 0.484 e. The fourth-order valence-electron chi connectivity index (χ4n) is 3.32. The summed E-state index contributed by atoms with van der Waals surface area (Å²) in [5, 5.41) is 6.59. The van der Waals surface area contributed by atoms with E-state index in [1.54, 1.807) is 24.3 Å². The summed E-state index contributed by atoms with van der Waals surface area (Å²) in [5.41, 5.74) is -0.539. The van der Waals surface area contributed by atoms with E-state index >= 15 is 0 Å². The Morgan fingerprint density at radius 3 is 2.20 bits per heavy atom. The molecule has 0 unspecified atom stereocenters. The second-order valence-electron chi connectivity index (χ2n) is 7.22. The molecule has 0 heterocycles. The Labute approximate surface area is 151 Å². The monoisotopic (exact) mass is 364 g/mol. The molecule has 6 nitrogen and oxygen atoms in total. The predicted molar refractivity (Wildman–Crippen MR) is 91.5 cm³/mol. The smallest absolute Gasteiger partial charge is 0.258 e. The summed E-state index contributed by atoms with van der Waals surface area (Å²) in [6, 6.07) is 6.85. The van der Waals surface area contributed by atoms with Crippen molar-refractivity contribution in [3.8, 4) is 5.75 Å². The van der Waals surface area contributed by atoms with Crippen molar-refractivity contribution in [2.45, 2.75) is 49.3 Å². The average Bonchev–Trinajstić information content (AvgIpc) is 3.30. The zero-order chi connectivity index (χ0) is 17.5. The third-order valence-electron chi connectivity index (χ3n) is 5.32. The number of rotatable bonds is 8. The fraction of sp³-hybridized carbons (Fsp3) is 0.556. The molecule has 3 aliphatic rings. The summed E-state index contributed by atoms with van der Waals surface area (Å²) >= 11 is 5.81. The van der Waals surface area contributed by atoms with Gasteiger partial charge in [0, 0.05) is 5.02 Å². The predicted octanol–water partition coefficient (Wildman–Crippen LogP) is 1.81. The van der Waals surface area contributed by atoms with Crippen LogP contribution in [0.3, 0.4) is 0 Å². The van der Waals surface area contributed by atoms with Crippen LogP contribution in [0, 0.1) is 0 Å². The molecule has 0 aliphatic heterocycles. The van der Waals surface area contributed by atoms with Gasteiger partial charge < -0.3 is 20.1 Å². The minimum atomic E-state index is -0.278. The molecule has 0 spiro atoms. The van der Waals surface area contributed by atoms with Gasteiger partial charge in [0.1, 0.15) is 12.4 Å². The molecule has 134 valence electrons. The molecule has 1 aromatic rings. The lowest BCUT2D eigenvalue weighted by Crippen LogP contribution is -2.38. The van der Waals surface area contributed by atoms with Gasteiger partial charge in [-0.2, -0.15) is 0 Å². The molecule has 2 amide bonds. The number of hydrogen-bond donors (Lipinski definition) is 2. The fourth-order valence-corrected chi connectivity index (χ4v) is 3.45. The van der Waals surface area contributed by atoms with Gasteiger partial charge in [-0.25, -0.2) is 0 Å². The third kappa shape index (κ3) is 3.46. The maximum atomic E-state index is 12.1. The molecule has 0 saturated heterocycles. The Morgan fingerprint density at radius 1 is 1.04 bits per heavy atom. The highest BCUT2D eigenvalue weighted by atomic mass is 35.5. The lowest BCUT2D eigenvalue weighted by atomic mass is 9.96. The molecular weight excluding hydrogens is 344 g/mol. The first kappa shape index (κ1) is 16.7. The van der Waals surface area contributed by atoms with Crippen molar-refractivity contribution in [2.24, 2.45) is 0 Å². The zero-order valence-corrected chi connectivity index (χ0v) is 14.6. The van der Waals surface area contributed by atoms with E-state index in [1.165, 1.54) is 6.42 Å². The van der Waals surface area contributed by atoms with Crippen molar-refractivity contribution in [2.75, 3.05) is 13.2 Å². The first-order chi connectivity index (χ1) is 12.0. The molecule has 0 aromatic heterocycles. The van der Waals surface area contributed by atoms with Gasteiger partial charge in [-0.3, -0.25) is 9.59 Å². The average molecular weight is 365 g/mol. The van der Waals surface area contributed by atoms with Crippen LogP contribution in [0.2, 0.25) is 5.02 Å². The molecule has 4 rings (SSSR count). The summed E-state index contributed by atoms with van der Waals surface area (Å²) in [4.78, 5) is 24.0. The van der Waals surface area contributed by atoms with Gasteiger partial charge in [-0.05, 0) is 56.4 Å². The van der Waals surface area contributed by atoms with Crippen molar-refractivity contribution in [3.63, 3.8) is 0 Å². The van der Waals surface area contributed by atoms with Gasteiger partial charge in [0.25, 0.3) is 5.91 Å². The number of carbonyl (C=O) groups excluding carboxylic acids is 2. The van der Waals surface area contributed by atoms with Gasteiger partial charge in [-0.1, -0.05) is 11.6 Å². The Kier molecular flexibility index (Phi) is 4.12. The Morgan fingerprint density at radius 2 is 1.64 bits per heavy atom. The Balaban J connectivity index is 1.17. The maximum absolute atomic E-state index is 12.1. The van der Waals surface area contributed by atoms with E-state index in [4.69, 9.17) is 21.1 Å². The van der Waals surface area contributed by atoms with E-state index in [2.05, 4.69) is 10.6 Å². The lowest BCUT2D eigenvalue weighted by Gasteiger charge is -2.25. The molecule has 3 aliphatic carbocycles. The lowest BCUT2D eigenvalue weighted by molar-refractivity contribution is -0.130. The van der Waals surface area contributed by atoms with Gasteiger partial charge in [0.15, 0.2) is 6.61 Å². The van der Waals surface area contributed by atoms with E-state index in [1.807, 2.05) is 0 Å². The maximum Gasteiger partial charge on any atom is 0.258 e. The molecule has 2 N–H and O–H groups in total. The van der Waals surface area contributed by atoms with Crippen LogP contribution in [-0.2, 0) is 14.3 Å². The van der Waals surface area contributed by atoms with Crippen LogP contribution in [0.1, 0.15) is 32.1 Å².